The van der Waals surface area contributed by atoms with Crippen LogP contribution >= 0.6 is 0 Å². The molecule has 0 aliphatic carbocycles. The quantitative estimate of drug-likeness (QED) is 0.668. The summed E-state index contributed by atoms with van der Waals surface area (Å²) in [4.78, 5) is 37.6. The second kappa shape index (κ2) is 9.18. The van der Waals surface area contributed by atoms with Gasteiger partial charge in [0.25, 0.3) is 5.91 Å². The van der Waals surface area contributed by atoms with E-state index in [4.69, 9.17) is 4.74 Å². The van der Waals surface area contributed by atoms with Crippen LogP contribution in [0, 0.1) is 5.82 Å². The van der Waals surface area contributed by atoms with Gasteiger partial charge in [-0.1, -0.05) is 12.1 Å². The van der Waals surface area contributed by atoms with Crippen LogP contribution in [0.3, 0.4) is 0 Å². The number of rotatable bonds is 8. The van der Waals surface area contributed by atoms with Crippen molar-refractivity contribution in [2.75, 3.05) is 18.6 Å². The summed E-state index contributed by atoms with van der Waals surface area (Å²) in [6, 6.07) is 11.3. The Balaban J connectivity index is 1.44. The Morgan fingerprint density at radius 3 is 2.48 bits per heavy atom. The fourth-order valence-corrected chi connectivity index (χ4v) is 3.06. The van der Waals surface area contributed by atoms with Crippen molar-refractivity contribution in [3.8, 4) is 5.75 Å². The molecule has 8 heteroatoms. The first kappa shape index (κ1) is 20.3. The maximum Gasteiger partial charge on any atom is 0.329 e. The second-order valence-electron chi connectivity index (χ2n) is 6.64. The van der Waals surface area contributed by atoms with E-state index >= 15 is 0 Å². The molecule has 3 rings (SSSR count). The third kappa shape index (κ3) is 5.10. The van der Waals surface area contributed by atoms with E-state index in [2.05, 4.69) is 10.6 Å². The van der Waals surface area contributed by atoms with Gasteiger partial charge in [0.1, 0.15) is 17.6 Å². The molecular weight excluding hydrogens is 377 g/mol. The van der Waals surface area contributed by atoms with Gasteiger partial charge in [-0.15, -0.1) is 0 Å². The molecule has 1 aliphatic rings. The minimum atomic E-state index is -0.778. The van der Waals surface area contributed by atoms with Crippen LogP contribution in [-0.4, -0.2) is 37.5 Å². The van der Waals surface area contributed by atoms with Gasteiger partial charge in [0.05, 0.1) is 12.8 Å². The zero-order chi connectivity index (χ0) is 20.8. The van der Waals surface area contributed by atoms with Gasteiger partial charge < -0.3 is 15.4 Å². The highest BCUT2D eigenvalue weighted by Gasteiger charge is 2.38. The number of urea groups is 1. The van der Waals surface area contributed by atoms with Gasteiger partial charge in [-0.25, -0.2) is 14.1 Å². The maximum absolute atomic E-state index is 13.0. The fraction of sp³-hybridized carbons (Fsp3) is 0.286. The highest BCUT2D eigenvalue weighted by Crippen LogP contribution is 2.21. The Labute approximate surface area is 167 Å². The molecule has 0 radical (unpaired) electrons. The molecule has 1 fully saturated rings. The third-order valence-corrected chi connectivity index (χ3v) is 4.66. The number of halogens is 1. The second-order valence-corrected chi connectivity index (χ2v) is 6.64. The normalized spacial score (nSPS) is 15.9. The lowest BCUT2D eigenvalue weighted by Gasteiger charge is -2.13. The molecule has 1 saturated heterocycles. The van der Waals surface area contributed by atoms with Crippen molar-refractivity contribution in [2.24, 2.45) is 0 Å². The molecular formula is C21H22FN3O4. The molecule has 4 amide bonds. The molecule has 29 heavy (non-hydrogen) atoms. The van der Waals surface area contributed by atoms with Gasteiger partial charge in [0, 0.05) is 13.0 Å². The summed E-state index contributed by atoms with van der Waals surface area (Å²) in [6.45, 7) is 0.470. The molecule has 7 nitrogen and oxygen atoms in total. The summed E-state index contributed by atoms with van der Waals surface area (Å²) >= 11 is 0. The van der Waals surface area contributed by atoms with Crippen LogP contribution in [0.15, 0.2) is 48.5 Å². The largest absolute Gasteiger partial charge is 0.497 e. The van der Waals surface area contributed by atoms with Gasteiger partial charge in [0.2, 0.25) is 5.91 Å². The number of amides is 4. The summed E-state index contributed by atoms with van der Waals surface area (Å²) in [5.74, 6) is -0.326. The Morgan fingerprint density at radius 2 is 1.83 bits per heavy atom. The average molecular weight is 399 g/mol. The predicted molar refractivity (Wildman–Crippen MR) is 105 cm³/mol. The zero-order valence-corrected chi connectivity index (χ0v) is 16.0. The first-order valence-corrected chi connectivity index (χ1v) is 9.27. The molecule has 1 aliphatic heterocycles. The van der Waals surface area contributed by atoms with Crippen LogP contribution in [0.1, 0.15) is 18.4 Å². The Bertz CT molecular complexity index is 884. The van der Waals surface area contributed by atoms with E-state index in [0.29, 0.717) is 18.7 Å². The number of methoxy groups -OCH3 is 1. The van der Waals surface area contributed by atoms with Gasteiger partial charge in [-0.05, 0) is 54.8 Å². The lowest BCUT2D eigenvalue weighted by atomic mass is 10.1. The molecule has 0 aromatic heterocycles. The number of carbonyl (C=O) groups excluding carboxylic acids is 3. The molecule has 1 atom stereocenters. The van der Waals surface area contributed by atoms with Crippen molar-refractivity contribution in [1.82, 2.24) is 10.6 Å². The average Bonchev–Trinajstić information content (AvgIpc) is 3.01. The van der Waals surface area contributed by atoms with E-state index < -0.39 is 23.8 Å². The molecule has 0 spiro atoms. The smallest absolute Gasteiger partial charge is 0.329 e. The zero-order valence-electron chi connectivity index (χ0n) is 16.0. The van der Waals surface area contributed by atoms with Crippen molar-refractivity contribution in [2.45, 2.75) is 25.3 Å². The van der Waals surface area contributed by atoms with Gasteiger partial charge >= 0.3 is 6.03 Å². The number of hydrogen-bond donors (Lipinski definition) is 2. The number of anilines is 1. The van der Waals surface area contributed by atoms with Crippen LogP contribution < -0.4 is 20.3 Å². The number of nitrogens with one attached hydrogen (secondary N) is 2. The van der Waals surface area contributed by atoms with Crippen molar-refractivity contribution in [3.05, 3.63) is 59.9 Å². The van der Waals surface area contributed by atoms with Crippen LogP contribution in [-0.2, 0) is 16.0 Å². The van der Waals surface area contributed by atoms with Crippen molar-refractivity contribution in [1.29, 1.82) is 0 Å². The molecule has 0 saturated carbocycles. The molecule has 152 valence electrons. The summed E-state index contributed by atoms with van der Waals surface area (Å²) in [5, 5.41) is 5.38. The summed E-state index contributed by atoms with van der Waals surface area (Å²) in [6.07, 6.45) is 0.973. The van der Waals surface area contributed by atoms with E-state index in [1.807, 2.05) is 24.3 Å². The SMILES string of the molecule is COc1ccc(CCNC(=O)CC[C@@H]2NC(=O)N(c3ccc(F)cc3)C2=O)cc1. The van der Waals surface area contributed by atoms with Gasteiger partial charge in [0.15, 0.2) is 0 Å². The number of nitrogens with zero attached hydrogens (tertiary/aromatic N) is 1. The highest BCUT2D eigenvalue weighted by molar-refractivity contribution is 6.21. The van der Waals surface area contributed by atoms with E-state index in [9.17, 15) is 18.8 Å². The highest BCUT2D eigenvalue weighted by atomic mass is 19.1. The lowest BCUT2D eigenvalue weighted by Crippen LogP contribution is -2.33. The number of ether oxygens (including phenoxy) is 1. The molecule has 0 bridgehead atoms. The molecule has 1 heterocycles. The van der Waals surface area contributed by atoms with E-state index in [1.165, 1.54) is 24.3 Å². The molecule has 2 N–H and O–H groups in total. The van der Waals surface area contributed by atoms with Gasteiger partial charge in [-0.3, -0.25) is 9.59 Å². The van der Waals surface area contributed by atoms with E-state index in [0.717, 1.165) is 16.2 Å². The van der Waals surface area contributed by atoms with Crippen LogP contribution in [0.25, 0.3) is 0 Å². The van der Waals surface area contributed by atoms with Gasteiger partial charge in [-0.2, -0.15) is 0 Å². The molecule has 2 aromatic carbocycles. The lowest BCUT2D eigenvalue weighted by molar-refractivity contribution is -0.121. The standard InChI is InChI=1S/C21H22FN3O4/c1-29-17-8-2-14(3-9-17)12-13-23-19(26)11-10-18-20(27)25(21(28)24-18)16-6-4-15(22)5-7-16/h2-9,18H,10-13H2,1H3,(H,23,26)(H,24,28)/t18-/m0/s1. The van der Waals surface area contributed by atoms with Crippen LogP contribution in [0.5, 0.6) is 5.75 Å². The van der Waals surface area contributed by atoms with E-state index in [1.54, 1.807) is 7.11 Å². The monoisotopic (exact) mass is 399 g/mol. The summed E-state index contributed by atoms with van der Waals surface area (Å²) < 4.78 is 18.1. The fourth-order valence-electron chi connectivity index (χ4n) is 3.06. The number of imide groups is 1. The first-order valence-electron chi connectivity index (χ1n) is 9.27. The molecule has 0 unspecified atom stereocenters. The van der Waals surface area contributed by atoms with Crippen molar-refractivity contribution >= 4 is 23.5 Å². The van der Waals surface area contributed by atoms with Crippen molar-refractivity contribution in [3.63, 3.8) is 0 Å². The molecule has 2 aromatic rings. The van der Waals surface area contributed by atoms with Crippen LogP contribution in [0.4, 0.5) is 14.9 Å². The number of hydrogen-bond acceptors (Lipinski definition) is 4. The minimum Gasteiger partial charge on any atom is -0.497 e. The summed E-state index contributed by atoms with van der Waals surface area (Å²) in [7, 11) is 1.60. The van der Waals surface area contributed by atoms with E-state index in [-0.39, 0.29) is 18.7 Å². The topological polar surface area (TPSA) is 87.7 Å². The maximum atomic E-state index is 13.0. The third-order valence-electron chi connectivity index (χ3n) is 4.66. The van der Waals surface area contributed by atoms with Crippen molar-refractivity contribution < 1.29 is 23.5 Å². The summed E-state index contributed by atoms with van der Waals surface area (Å²) in [5.41, 5.74) is 1.36. The first-order chi connectivity index (χ1) is 14.0. The number of carbonyl (C=O) groups is 3. The minimum absolute atomic E-state index is 0.108. The number of benzene rings is 2. The Morgan fingerprint density at radius 1 is 1.14 bits per heavy atom. The predicted octanol–water partition coefficient (Wildman–Crippen LogP) is 2.40. The van der Waals surface area contributed by atoms with Crippen LogP contribution in [0.2, 0.25) is 0 Å². The Hall–Kier alpha value is -3.42. The Kier molecular flexibility index (Phi) is 6.43.